The molecule has 2 saturated heterocycles. The Bertz CT molecular complexity index is 418. The van der Waals surface area contributed by atoms with Crippen molar-refractivity contribution in [1.82, 2.24) is 9.80 Å². The lowest BCUT2D eigenvalue weighted by Gasteiger charge is -2.25. The molecule has 2 fully saturated rings. The van der Waals surface area contributed by atoms with Crippen molar-refractivity contribution in [3.8, 4) is 0 Å². The minimum absolute atomic E-state index is 0.815. The number of hydrogen-bond acceptors (Lipinski definition) is 3. The highest BCUT2D eigenvalue weighted by molar-refractivity contribution is 5.46. The first-order chi connectivity index (χ1) is 9.33. The van der Waals surface area contributed by atoms with E-state index in [9.17, 15) is 0 Å². The van der Waals surface area contributed by atoms with Gasteiger partial charge in [0.1, 0.15) is 0 Å². The Morgan fingerprint density at radius 2 is 1.95 bits per heavy atom. The number of para-hydroxylation sites is 1. The summed E-state index contributed by atoms with van der Waals surface area (Å²) in [6.07, 6.45) is 5.19. The minimum atomic E-state index is 0.815. The smallest absolute Gasteiger partial charge is 0.0347 e. The number of anilines is 1. The Kier molecular flexibility index (Phi) is 4.04. The first-order valence-corrected chi connectivity index (χ1v) is 7.63. The first-order valence-electron chi connectivity index (χ1n) is 7.63. The molecule has 3 nitrogen and oxygen atoms in total. The van der Waals surface area contributed by atoms with Gasteiger partial charge in [0.05, 0.1) is 0 Å². The largest absolute Gasteiger partial charge is 0.399 e. The topological polar surface area (TPSA) is 32.5 Å². The quantitative estimate of drug-likeness (QED) is 0.843. The van der Waals surface area contributed by atoms with Crippen LogP contribution < -0.4 is 5.73 Å². The summed E-state index contributed by atoms with van der Waals surface area (Å²) in [5.74, 6) is 0. The van der Waals surface area contributed by atoms with Gasteiger partial charge in [-0.25, -0.2) is 0 Å². The van der Waals surface area contributed by atoms with E-state index in [1.54, 1.807) is 0 Å². The Hall–Kier alpha value is -1.06. The van der Waals surface area contributed by atoms with Gasteiger partial charge in [0, 0.05) is 24.8 Å². The molecule has 2 aliphatic heterocycles. The lowest BCUT2D eigenvalue weighted by molar-refractivity contribution is 0.221. The van der Waals surface area contributed by atoms with E-state index in [-0.39, 0.29) is 0 Å². The Labute approximate surface area is 116 Å². The van der Waals surface area contributed by atoms with Crippen molar-refractivity contribution < 1.29 is 0 Å². The van der Waals surface area contributed by atoms with Crippen molar-refractivity contribution >= 4 is 5.69 Å². The Balaban J connectivity index is 1.56. The third-order valence-corrected chi connectivity index (χ3v) is 4.64. The van der Waals surface area contributed by atoms with Crippen molar-refractivity contribution in [2.24, 2.45) is 0 Å². The average Bonchev–Trinajstić information content (AvgIpc) is 2.76. The molecule has 2 heterocycles. The molecule has 2 aliphatic rings. The van der Waals surface area contributed by atoms with E-state index < -0.39 is 0 Å². The second-order valence-electron chi connectivity index (χ2n) is 5.93. The van der Waals surface area contributed by atoms with Gasteiger partial charge in [-0.2, -0.15) is 0 Å². The maximum atomic E-state index is 6.03. The van der Waals surface area contributed by atoms with Gasteiger partial charge in [-0.05, 0) is 56.9 Å². The third-order valence-electron chi connectivity index (χ3n) is 4.64. The number of nitrogens with zero attached hydrogens (tertiary/aromatic N) is 2. The SMILES string of the molecule is Nc1ccccc1CCN1CCCN2CCCC2C1. The highest BCUT2D eigenvalue weighted by Crippen LogP contribution is 2.21. The molecular weight excluding hydrogens is 234 g/mol. The first kappa shape index (κ1) is 12.9. The zero-order valence-electron chi connectivity index (χ0n) is 11.7. The molecule has 104 valence electrons. The van der Waals surface area contributed by atoms with Gasteiger partial charge in [0.2, 0.25) is 0 Å². The fraction of sp³-hybridized carbons (Fsp3) is 0.625. The molecule has 1 aromatic rings. The summed E-state index contributed by atoms with van der Waals surface area (Å²) in [5.41, 5.74) is 8.27. The van der Waals surface area contributed by atoms with Crippen LogP contribution in [0.25, 0.3) is 0 Å². The monoisotopic (exact) mass is 259 g/mol. The van der Waals surface area contributed by atoms with Gasteiger partial charge in [-0.3, -0.25) is 4.90 Å². The fourth-order valence-corrected chi connectivity index (χ4v) is 3.53. The van der Waals surface area contributed by atoms with E-state index >= 15 is 0 Å². The van der Waals surface area contributed by atoms with Crippen molar-refractivity contribution in [2.75, 3.05) is 38.5 Å². The summed E-state index contributed by atoms with van der Waals surface area (Å²) in [5, 5.41) is 0. The molecule has 1 atom stereocenters. The number of fused-ring (bicyclic) bond motifs is 1. The van der Waals surface area contributed by atoms with Crippen molar-refractivity contribution in [1.29, 1.82) is 0 Å². The predicted molar refractivity (Wildman–Crippen MR) is 80.2 cm³/mol. The fourth-order valence-electron chi connectivity index (χ4n) is 3.53. The van der Waals surface area contributed by atoms with Crippen molar-refractivity contribution in [3.63, 3.8) is 0 Å². The molecule has 3 rings (SSSR count). The third kappa shape index (κ3) is 3.10. The molecular formula is C16H25N3. The van der Waals surface area contributed by atoms with Gasteiger partial charge in [-0.1, -0.05) is 18.2 Å². The molecule has 0 radical (unpaired) electrons. The Morgan fingerprint density at radius 3 is 2.84 bits per heavy atom. The molecule has 0 amide bonds. The average molecular weight is 259 g/mol. The normalized spacial score (nSPS) is 25.2. The summed E-state index contributed by atoms with van der Waals surface area (Å²) in [6.45, 7) is 6.28. The molecule has 0 bridgehead atoms. The minimum Gasteiger partial charge on any atom is -0.399 e. The van der Waals surface area contributed by atoms with Gasteiger partial charge in [0.25, 0.3) is 0 Å². The standard InChI is InChI=1S/C16H25N3/c17-16-7-2-1-5-14(16)8-12-18-9-4-11-19-10-3-6-15(19)13-18/h1-2,5,7,15H,3-4,6,8-13,17H2. The molecule has 0 spiro atoms. The maximum Gasteiger partial charge on any atom is 0.0347 e. The van der Waals surface area contributed by atoms with E-state index in [1.165, 1.54) is 51.0 Å². The van der Waals surface area contributed by atoms with Gasteiger partial charge >= 0.3 is 0 Å². The second-order valence-corrected chi connectivity index (χ2v) is 5.93. The number of nitrogen functional groups attached to an aromatic ring is 1. The van der Waals surface area contributed by atoms with Crippen LogP contribution in [0.2, 0.25) is 0 Å². The molecule has 2 N–H and O–H groups in total. The zero-order valence-corrected chi connectivity index (χ0v) is 11.7. The predicted octanol–water partition coefficient (Wildman–Crippen LogP) is 1.98. The lowest BCUT2D eigenvalue weighted by atomic mass is 10.1. The Morgan fingerprint density at radius 1 is 1.11 bits per heavy atom. The van der Waals surface area contributed by atoms with E-state index in [2.05, 4.69) is 21.9 Å². The van der Waals surface area contributed by atoms with Crippen LogP contribution in [0.1, 0.15) is 24.8 Å². The summed E-state index contributed by atoms with van der Waals surface area (Å²) >= 11 is 0. The highest BCUT2D eigenvalue weighted by atomic mass is 15.3. The summed E-state index contributed by atoms with van der Waals surface area (Å²) in [4.78, 5) is 5.33. The van der Waals surface area contributed by atoms with Crippen molar-refractivity contribution in [2.45, 2.75) is 31.7 Å². The molecule has 19 heavy (non-hydrogen) atoms. The van der Waals surface area contributed by atoms with Crippen LogP contribution in [0.3, 0.4) is 0 Å². The van der Waals surface area contributed by atoms with E-state index in [0.717, 1.165) is 24.7 Å². The molecule has 0 aromatic heterocycles. The summed E-state index contributed by atoms with van der Waals surface area (Å²) in [7, 11) is 0. The van der Waals surface area contributed by atoms with Gasteiger partial charge in [-0.15, -0.1) is 0 Å². The maximum absolute atomic E-state index is 6.03. The molecule has 1 aromatic carbocycles. The number of nitrogens with two attached hydrogens (primary N) is 1. The number of rotatable bonds is 3. The van der Waals surface area contributed by atoms with Crippen LogP contribution in [-0.4, -0.2) is 48.6 Å². The van der Waals surface area contributed by atoms with Gasteiger partial charge < -0.3 is 10.6 Å². The van der Waals surface area contributed by atoms with E-state index in [1.807, 2.05) is 12.1 Å². The van der Waals surface area contributed by atoms with Crippen LogP contribution >= 0.6 is 0 Å². The van der Waals surface area contributed by atoms with E-state index in [4.69, 9.17) is 5.73 Å². The van der Waals surface area contributed by atoms with Crippen LogP contribution in [-0.2, 0) is 6.42 Å². The molecule has 0 saturated carbocycles. The lowest BCUT2D eigenvalue weighted by Crippen LogP contribution is -2.37. The van der Waals surface area contributed by atoms with Crippen LogP contribution in [0.5, 0.6) is 0 Å². The molecule has 1 unspecified atom stereocenters. The number of hydrogen-bond donors (Lipinski definition) is 1. The summed E-state index contributed by atoms with van der Waals surface area (Å²) < 4.78 is 0. The number of benzene rings is 1. The van der Waals surface area contributed by atoms with Gasteiger partial charge in [0.15, 0.2) is 0 Å². The van der Waals surface area contributed by atoms with Crippen molar-refractivity contribution in [3.05, 3.63) is 29.8 Å². The molecule has 3 heteroatoms. The van der Waals surface area contributed by atoms with Crippen LogP contribution in [0, 0.1) is 0 Å². The van der Waals surface area contributed by atoms with Crippen LogP contribution in [0.4, 0.5) is 5.69 Å². The molecule has 0 aliphatic carbocycles. The van der Waals surface area contributed by atoms with Crippen LogP contribution in [0.15, 0.2) is 24.3 Å². The highest BCUT2D eigenvalue weighted by Gasteiger charge is 2.28. The second kappa shape index (κ2) is 5.93. The summed E-state index contributed by atoms with van der Waals surface area (Å²) in [6, 6.07) is 9.09. The zero-order chi connectivity index (χ0) is 13.1. The van der Waals surface area contributed by atoms with E-state index in [0.29, 0.717) is 0 Å².